The van der Waals surface area contributed by atoms with E-state index in [1.807, 2.05) is 6.07 Å². The van der Waals surface area contributed by atoms with Crippen LogP contribution in [-0.4, -0.2) is 22.6 Å². The van der Waals surface area contributed by atoms with E-state index in [0.717, 1.165) is 0 Å². The summed E-state index contributed by atoms with van der Waals surface area (Å²) >= 11 is 0. The Kier molecular flexibility index (Phi) is 4.05. The summed E-state index contributed by atoms with van der Waals surface area (Å²) in [5, 5.41) is 9.23. The van der Waals surface area contributed by atoms with E-state index in [4.69, 9.17) is 14.9 Å². The van der Waals surface area contributed by atoms with Crippen molar-refractivity contribution in [1.29, 1.82) is 5.26 Å². The van der Waals surface area contributed by atoms with E-state index < -0.39 is 11.8 Å². The van der Waals surface area contributed by atoms with Gasteiger partial charge in [-0.3, -0.25) is 0 Å². The highest BCUT2D eigenvalue weighted by Crippen LogP contribution is 2.29. The Balaban J connectivity index is 1.85. The molecule has 0 aliphatic carbocycles. The molecule has 0 amide bonds. The number of esters is 1. The van der Waals surface area contributed by atoms with Gasteiger partial charge in [-0.25, -0.2) is 14.2 Å². The zero-order valence-electron chi connectivity index (χ0n) is 14.6. The number of benzene rings is 2. The van der Waals surface area contributed by atoms with E-state index in [0.29, 0.717) is 22.4 Å². The fourth-order valence-corrected chi connectivity index (χ4v) is 2.93. The molecule has 0 bridgehead atoms. The molecule has 0 saturated heterocycles. The largest absolute Gasteiger partial charge is 0.464 e. The number of carbonyl (C=O) groups is 1. The number of carbonyl (C=O) groups excluding carboxylic acids is 1. The van der Waals surface area contributed by atoms with Crippen LogP contribution < -0.4 is 5.73 Å². The standard InChI is InChI=1S/C20H13FN4O3/c1-27-20(26)18-17(23)12(9-22)10-25(18)14-5-6-15-16(8-14)28-19(24-15)11-3-2-4-13(21)7-11/h2-8,10H,23H2,1H3. The normalized spacial score (nSPS) is 10.8. The summed E-state index contributed by atoms with van der Waals surface area (Å²) in [5.74, 6) is -0.795. The van der Waals surface area contributed by atoms with Gasteiger partial charge in [0.25, 0.3) is 0 Å². The molecule has 28 heavy (non-hydrogen) atoms. The highest BCUT2D eigenvalue weighted by molar-refractivity contribution is 5.96. The molecule has 0 aliphatic heterocycles. The maximum atomic E-state index is 13.5. The molecular weight excluding hydrogens is 363 g/mol. The highest BCUT2D eigenvalue weighted by Gasteiger charge is 2.22. The second kappa shape index (κ2) is 6.55. The van der Waals surface area contributed by atoms with E-state index in [-0.39, 0.29) is 22.8 Å². The molecule has 4 aromatic rings. The summed E-state index contributed by atoms with van der Waals surface area (Å²) in [6.07, 6.45) is 1.45. The third-order valence-electron chi connectivity index (χ3n) is 4.27. The van der Waals surface area contributed by atoms with Gasteiger partial charge < -0.3 is 19.5 Å². The van der Waals surface area contributed by atoms with Crippen molar-refractivity contribution in [2.45, 2.75) is 0 Å². The fraction of sp³-hybridized carbons (Fsp3) is 0.0500. The summed E-state index contributed by atoms with van der Waals surface area (Å²) in [6, 6.07) is 12.9. The van der Waals surface area contributed by atoms with E-state index in [9.17, 15) is 14.4 Å². The van der Waals surface area contributed by atoms with Crippen molar-refractivity contribution in [1.82, 2.24) is 9.55 Å². The molecule has 4 rings (SSSR count). The number of nitriles is 1. The highest BCUT2D eigenvalue weighted by atomic mass is 19.1. The molecule has 0 atom stereocenters. The number of ether oxygens (including phenoxy) is 1. The SMILES string of the molecule is COC(=O)c1c(N)c(C#N)cn1-c1ccc2nc(-c3cccc(F)c3)oc2c1. The Hall–Kier alpha value is -4.12. The molecule has 0 aliphatic rings. The van der Waals surface area contributed by atoms with Crippen molar-refractivity contribution in [3.05, 3.63) is 65.7 Å². The number of hydrogen-bond acceptors (Lipinski definition) is 6. The molecule has 0 fully saturated rings. The summed E-state index contributed by atoms with van der Waals surface area (Å²) in [4.78, 5) is 16.5. The van der Waals surface area contributed by atoms with Gasteiger partial charge in [-0.1, -0.05) is 6.07 Å². The van der Waals surface area contributed by atoms with Crippen LogP contribution in [0.5, 0.6) is 0 Å². The minimum absolute atomic E-state index is 0.0347. The molecule has 2 aromatic heterocycles. The van der Waals surface area contributed by atoms with Crippen molar-refractivity contribution >= 4 is 22.8 Å². The van der Waals surface area contributed by atoms with Crippen molar-refractivity contribution in [2.75, 3.05) is 12.8 Å². The Labute approximate surface area is 158 Å². The molecular formula is C20H13FN4O3. The lowest BCUT2D eigenvalue weighted by molar-refractivity contribution is 0.0593. The number of aromatic nitrogens is 2. The monoisotopic (exact) mass is 376 g/mol. The first kappa shape index (κ1) is 17.3. The number of nitrogens with two attached hydrogens (primary N) is 1. The number of nitrogens with zero attached hydrogens (tertiary/aromatic N) is 3. The van der Waals surface area contributed by atoms with Gasteiger partial charge >= 0.3 is 5.97 Å². The fourth-order valence-electron chi connectivity index (χ4n) is 2.93. The first-order chi connectivity index (χ1) is 13.5. The van der Waals surface area contributed by atoms with Gasteiger partial charge in [0, 0.05) is 23.5 Å². The van der Waals surface area contributed by atoms with Crippen molar-refractivity contribution in [3.63, 3.8) is 0 Å². The average Bonchev–Trinajstić information content (AvgIpc) is 3.27. The molecule has 2 heterocycles. The first-order valence-electron chi connectivity index (χ1n) is 8.18. The topological polar surface area (TPSA) is 107 Å². The summed E-state index contributed by atoms with van der Waals surface area (Å²) in [7, 11) is 1.23. The van der Waals surface area contributed by atoms with E-state index in [1.165, 1.54) is 30.0 Å². The molecule has 0 unspecified atom stereocenters. The third-order valence-corrected chi connectivity index (χ3v) is 4.27. The molecule has 8 heteroatoms. The van der Waals surface area contributed by atoms with Gasteiger partial charge in [0.1, 0.15) is 17.4 Å². The minimum Gasteiger partial charge on any atom is -0.464 e. The Morgan fingerprint density at radius 2 is 2.14 bits per heavy atom. The number of oxazole rings is 1. The van der Waals surface area contributed by atoms with Crippen LogP contribution in [0.25, 0.3) is 28.2 Å². The third kappa shape index (κ3) is 2.75. The van der Waals surface area contributed by atoms with Crippen LogP contribution in [0.1, 0.15) is 16.1 Å². The van der Waals surface area contributed by atoms with Crippen LogP contribution in [-0.2, 0) is 4.74 Å². The number of hydrogen-bond donors (Lipinski definition) is 1. The number of rotatable bonds is 3. The van der Waals surface area contributed by atoms with Gasteiger partial charge in [0.2, 0.25) is 5.89 Å². The van der Waals surface area contributed by atoms with Crippen LogP contribution in [0, 0.1) is 17.1 Å². The molecule has 2 aromatic carbocycles. The number of anilines is 1. The predicted molar refractivity (Wildman–Crippen MR) is 99.2 cm³/mol. The molecule has 0 saturated carbocycles. The number of nitrogen functional groups attached to an aromatic ring is 1. The molecule has 0 radical (unpaired) electrons. The van der Waals surface area contributed by atoms with E-state index >= 15 is 0 Å². The van der Waals surface area contributed by atoms with Crippen molar-refractivity contribution < 1.29 is 18.3 Å². The zero-order chi connectivity index (χ0) is 19.8. The first-order valence-corrected chi connectivity index (χ1v) is 8.18. The number of fused-ring (bicyclic) bond motifs is 1. The van der Waals surface area contributed by atoms with Crippen molar-refractivity contribution in [2.24, 2.45) is 0 Å². The van der Waals surface area contributed by atoms with Gasteiger partial charge in [-0.05, 0) is 30.3 Å². The number of halogens is 1. The van der Waals surface area contributed by atoms with Crippen LogP contribution in [0.4, 0.5) is 10.1 Å². The van der Waals surface area contributed by atoms with E-state index in [1.54, 1.807) is 30.3 Å². The van der Waals surface area contributed by atoms with Crippen LogP contribution in [0.3, 0.4) is 0 Å². The summed E-state index contributed by atoms with van der Waals surface area (Å²) < 4.78 is 25.5. The number of methoxy groups -OCH3 is 1. The lowest BCUT2D eigenvalue weighted by Gasteiger charge is -2.08. The minimum atomic E-state index is -0.669. The molecule has 138 valence electrons. The molecule has 7 nitrogen and oxygen atoms in total. The maximum Gasteiger partial charge on any atom is 0.357 e. The molecule has 2 N–H and O–H groups in total. The Morgan fingerprint density at radius 1 is 1.32 bits per heavy atom. The Morgan fingerprint density at radius 3 is 2.86 bits per heavy atom. The van der Waals surface area contributed by atoms with Crippen LogP contribution >= 0.6 is 0 Å². The zero-order valence-corrected chi connectivity index (χ0v) is 14.6. The lowest BCUT2D eigenvalue weighted by Crippen LogP contribution is -2.11. The van der Waals surface area contributed by atoms with Gasteiger partial charge in [-0.15, -0.1) is 0 Å². The van der Waals surface area contributed by atoms with Crippen LogP contribution in [0.2, 0.25) is 0 Å². The lowest BCUT2D eigenvalue weighted by atomic mass is 10.2. The second-order valence-corrected chi connectivity index (χ2v) is 5.96. The summed E-state index contributed by atoms with van der Waals surface area (Å²) in [5.41, 5.74) is 8.17. The predicted octanol–water partition coefficient (Wildman–Crippen LogP) is 3.67. The van der Waals surface area contributed by atoms with Gasteiger partial charge in [0.15, 0.2) is 11.3 Å². The quantitative estimate of drug-likeness (QED) is 0.547. The van der Waals surface area contributed by atoms with E-state index in [2.05, 4.69) is 4.98 Å². The average molecular weight is 376 g/mol. The van der Waals surface area contributed by atoms with Gasteiger partial charge in [-0.2, -0.15) is 5.26 Å². The van der Waals surface area contributed by atoms with Gasteiger partial charge in [0.05, 0.1) is 18.4 Å². The summed E-state index contributed by atoms with van der Waals surface area (Å²) in [6.45, 7) is 0. The molecule has 0 spiro atoms. The smallest absolute Gasteiger partial charge is 0.357 e. The van der Waals surface area contributed by atoms with Crippen LogP contribution in [0.15, 0.2) is 53.1 Å². The second-order valence-electron chi connectivity index (χ2n) is 5.96. The Bertz CT molecular complexity index is 1270. The van der Waals surface area contributed by atoms with Crippen molar-refractivity contribution in [3.8, 4) is 23.2 Å². The maximum absolute atomic E-state index is 13.5.